The van der Waals surface area contributed by atoms with Crippen LogP contribution in [0.1, 0.15) is 30.4 Å². The van der Waals surface area contributed by atoms with E-state index in [0.717, 1.165) is 12.0 Å². The average Bonchev–Trinajstić information content (AvgIpc) is 2.45. The second kappa shape index (κ2) is 2.22. The summed E-state index contributed by atoms with van der Waals surface area (Å²) >= 11 is 0. The molecule has 1 aliphatic rings. The zero-order valence-electron chi connectivity index (χ0n) is 6.46. The van der Waals surface area contributed by atoms with Crippen LogP contribution in [0.4, 0.5) is 0 Å². The van der Waals surface area contributed by atoms with Crippen molar-refractivity contribution >= 4 is 5.78 Å². The molecule has 2 rings (SSSR count). The Morgan fingerprint density at radius 3 is 3.09 bits per heavy atom. The number of rotatable bonds is 0. The Morgan fingerprint density at radius 1 is 1.45 bits per heavy atom. The standard InChI is InChI=1S/C9H10O2/c1-6-8-5-11-4-7(8)2-3-9(6)10/h4-6H,2-3H2,1H3. The first kappa shape index (κ1) is 6.65. The Labute approximate surface area is 65.2 Å². The highest BCUT2D eigenvalue weighted by molar-refractivity contribution is 5.87. The van der Waals surface area contributed by atoms with Crippen molar-refractivity contribution in [3.05, 3.63) is 23.7 Å². The molecule has 2 nitrogen and oxygen atoms in total. The predicted octanol–water partition coefficient (Wildman–Crippen LogP) is 1.90. The van der Waals surface area contributed by atoms with Gasteiger partial charge in [0.1, 0.15) is 5.78 Å². The van der Waals surface area contributed by atoms with Crippen LogP contribution < -0.4 is 0 Å². The van der Waals surface area contributed by atoms with Gasteiger partial charge in [0.05, 0.1) is 12.5 Å². The van der Waals surface area contributed by atoms with Gasteiger partial charge >= 0.3 is 0 Å². The molecule has 0 fully saturated rings. The van der Waals surface area contributed by atoms with Gasteiger partial charge in [-0.1, -0.05) is 6.92 Å². The van der Waals surface area contributed by atoms with Crippen LogP contribution in [0.5, 0.6) is 0 Å². The number of hydrogen-bond acceptors (Lipinski definition) is 2. The summed E-state index contributed by atoms with van der Waals surface area (Å²) in [6.45, 7) is 1.94. The number of carbonyl (C=O) groups is 1. The van der Waals surface area contributed by atoms with Crippen molar-refractivity contribution in [2.24, 2.45) is 0 Å². The molecule has 0 bridgehead atoms. The third-order valence-electron chi connectivity index (χ3n) is 2.37. The van der Waals surface area contributed by atoms with Crippen LogP contribution in [-0.2, 0) is 11.2 Å². The highest BCUT2D eigenvalue weighted by Gasteiger charge is 2.24. The summed E-state index contributed by atoms with van der Waals surface area (Å²) in [6, 6.07) is 0. The minimum atomic E-state index is 0.0532. The maximum Gasteiger partial charge on any atom is 0.140 e. The number of fused-ring (bicyclic) bond motifs is 1. The zero-order chi connectivity index (χ0) is 7.84. The normalized spacial score (nSPS) is 23.4. The van der Waals surface area contributed by atoms with E-state index in [1.807, 2.05) is 6.92 Å². The van der Waals surface area contributed by atoms with Gasteiger partial charge in [0.2, 0.25) is 0 Å². The van der Waals surface area contributed by atoms with Crippen molar-refractivity contribution in [2.45, 2.75) is 25.7 Å². The van der Waals surface area contributed by atoms with E-state index in [0.29, 0.717) is 12.2 Å². The van der Waals surface area contributed by atoms with Crippen LogP contribution >= 0.6 is 0 Å². The third kappa shape index (κ3) is 0.897. The molecule has 0 radical (unpaired) electrons. The number of furan rings is 1. The smallest absolute Gasteiger partial charge is 0.140 e. The van der Waals surface area contributed by atoms with Gasteiger partial charge in [-0.3, -0.25) is 4.79 Å². The van der Waals surface area contributed by atoms with Crippen molar-refractivity contribution < 1.29 is 9.21 Å². The van der Waals surface area contributed by atoms with Crippen molar-refractivity contribution in [1.29, 1.82) is 0 Å². The largest absolute Gasteiger partial charge is 0.472 e. The van der Waals surface area contributed by atoms with Gasteiger partial charge in [-0.15, -0.1) is 0 Å². The average molecular weight is 150 g/mol. The molecule has 1 aliphatic carbocycles. The summed E-state index contributed by atoms with van der Waals surface area (Å²) in [5.41, 5.74) is 2.29. The lowest BCUT2D eigenvalue weighted by molar-refractivity contribution is -0.120. The monoisotopic (exact) mass is 150 g/mol. The van der Waals surface area contributed by atoms with E-state index in [9.17, 15) is 4.79 Å². The molecule has 2 heteroatoms. The lowest BCUT2D eigenvalue weighted by Crippen LogP contribution is -2.16. The molecule has 1 heterocycles. The van der Waals surface area contributed by atoms with Crippen LogP contribution in [-0.4, -0.2) is 5.78 Å². The van der Waals surface area contributed by atoms with Gasteiger partial charge < -0.3 is 4.42 Å². The zero-order valence-corrected chi connectivity index (χ0v) is 6.46. The third-order valence-corrected chi connectivity index (χ3v) is 2.37. The van der Waals surface area contributed by atoms with E-state index in [1.54, 1.807) is 12.5 Å². The first-order valence-corrected chi connectivity index (χ1v) is 3.86. The number of carbonyl (C=O) groups excluding carboxylic acids is 1. The molecule has 1 aromatic rings. The Bertz CT molecular complexity index is 286. The van der Waals surface area contributed by atoms with E-state index >= 15 is 0 Å². The SMILES string of the molecule is CC1C(=O)CCc2cocc21. The van der Waals surface area contributed by atoms with Crippen LogP contribution in [0.25, 0.3) is 0 Å². The molecule has 0 saturated carbocycles. The first-order valence-electron chi connectivity index (χ1n) is 3.86. The lowest BCUT2D eigenvalue weighted by Gasteiger charge is -2.15. The van der Waals surface area contributed by atoms with E-state index in [-0.39, 0.29) is 5.92 Å². The Kier molecular flexibility index (Phi) is 1.34. The number of ketones is 1. The molecule has 1 unspecified atom stereocenters. The van der Waals surface area contributed by atoms with Crippen LogP contribution in [0.2, 0.25) is 0 Å². The van der Waals surface area contributed by atoms with Gasteiger partial charge in [-0.2, -0.15) is 0 Å². The molecule has 0 aliphatic heterocycles. The fourth-order valence-corrected chi connectivity index (χ4v) is 1.56. The fraction of sp³-hybridized carbons (Fsp3) is 0.444. The predicted molar refractivity (Wildman–Crippen MR) is 40.5 cm³/mol. The van der Waals surface area contributed by atoms with Crippen LogP contribution in [0.3, 0.4) is 0 Å². The maximum atomic E-state index is 11.2. The van der Waals surface area contributed by atoms with Crippen molar-refractivity contribution in [2.75, 3.05) is 0 Å². The van der Waals surface area contributed by atoms with E-state index in [2.05, 4.69) is 0 Å². The minimum absolute atomic E-state index is 0.0532. The number of aryl methyl sites for hydroxylation is 1. The van der Waals surface area contributed by atoms with E-state index in [4.69, 9.17) is 4.42 Å². The summed E-state index contributed by atoms with van der Waals surface area (Å²) in [5.74, 6) is 0.386. The molecular weight excluding hydrogens is 140 g/mol. The van der Waals surface area contributed by atoms with E-state index < -0.39 is 0 Å². The molecule has 0 aromatic carbocycles. The molecule has 1 atom stereocenters. The van der Waals surface area contributed by atoms with Crippen LogP contribution in [0, 0.1) is 0 Å². The molecule has 0 amide bonds. The summed E-state index contributed by atoms with van der Waals surface area (Å²) < 4.78 is 5.03. The Hall–Kier alpha value is -1.05. The highest BCUT2D eigenvalue weighted by Crippen LogP contribution is 2.28. The van der Waals surface area contributed by atoms with Gasteiger partial charge in [0.15, 0.2) is 0 Å². The van der Waals surface area contributed by atoms with Gasteiger partial charge in [0.25, 0.3) is 0 Å². The molecular formula is C9H10O2. The number of Topliss-reactive ketones (excluding diaryl/α,β-unsaturated/α-hetero) is 1. The Balaban J connectivity index is 2.45. The van der Waals surface area contributed by atoms with Crippen LogP contribution in [0.15, 0.2) is 16.9 Å². The second-order valence-electron chi connectivity index (χ2n) is 3.04. The topological polar surface area (TPSA) is 30.2 Å². The second-order valence-corrected chi connectivity index (χ2v) is 3.04. The summed E-state index contributed by atoms with van der Waals surface area (Å²) in [5, 5.41) is 0. The summed E-state index contributed by atoms with van der Waals surface area (Å²) in [6.07, 6.45) is 4.97. The summed E-state index contributed by atoms with van der Waals surface area (Å²) in [7, 11) is 0. The maximum absolute atomic E-state index is 11.2. The minimum Gasteiger partial charge on any atom is -0.472 e. The molecule has 1 aromatic heterocycles. The molecule has 0 saturated heterocycles. The summed E-state index contributed by atoms with van der Waals surface area (Å²) in [4.78, 5) is 11.2. The molecule has 0 N–H and O–H groups in total. The van der Waals surface area contributed by atoms with Gasteiger partial charge in [-0.05, 0) is 12.0 Å². The van der Waals surface area contributed by atoms with Crippen molar-refractivity contribution in [1.82, 2.24) is 0 Å². The highest BCUT2D eigenvalue weighted by atomic mass is 16.3. The van der Waals surface area contributed by atoms with Crippen molar-refractivity contribution in [3.63, 3.8) is 0 Å². The van der Waals surface area contributed by atoms with Crippen molar-refractivity contribution in [3.8, 4) is 0 Å². The number of hydrogen-bond donors (Lipinski definition) is 0. The Morgan fingerprint density at radius 2 is 2.27 bits per heavy atom. The fourth-order valence-electron chi connectivity index (χ4n) is 1.56. The van der Waals surface area contributed by atoms with E-state index in [1.165, 1.54) is 5.56 Å². The molecule has 0 spiro atoms. The lowest BCUT2D eigenvalue weighted by atomic mass is 9.86. The van der Waals surface area contributed by atoms with Gasteiger partial charge in [0, 0.05) is 17.9 Å². The molecule has 11 heavy (non-hydrogen) atoms. The molecule has 58 valence electrons. The quantitative estimate of drug-likeness (QED) is 0.565. The van der Waals surface area contributed by atoms with Gasteiger partial charge in [-0.25, -0.2) is 0 Å². The first-order chi connectivity index (χ1) is 5.29.